The monoisotopic (exact) mass is 396 g/mol. The van der Waals surface area contributed by atoms with Crippen molar-refractivity contribution in [2.75, 3.05) is 0 Å². The number of nitrogens with zero attached hydrogens (tertiary/aromatic N) is 5. The normalized spacial score (nSPS) is 18.3. The van der Waals surface area contributed by atoms with Crippen LogP contribution < -0.4 is 5.43 Å². The van der Waals surface area contributed by atoms with Gasteiger partial charge in [-0.15, -0.1) is 5.12 Å². The summed E-state index contributed by atoms with van der Waals surface area (Å²) in [6.07, 6.45) is 1.16. The number of amides is 8. The van der Waals surface area contributed by atoms with Crippen molar-refractivity contribution in [3.63, 3.8) is 0 Å². The highest BCUT2D eigenvalue weighted by Crippen LogP contribution is 2.24. The molecule has 1 aromatic rings. The fourth-order valence-corrected chi connectivity index (χ4v) is 3.01. The van der Waals surface area contributed by atoms with Crippen LogP contribution in [0.4, 0.5) is 4.79 Å². The van der Waals surface area contributed by atoms with Gasteiger partial charge < -0.3 is 0 Å². The van der Waals surface area contributed by atoms with Crippen LogP contribution in [0.25, 0.3) is 0 Å². The van der Waals surface area contributed by atoms with Crippen LogP contribution in [0.15, 0.2) is 36.4 Å². The average Bonchev–Trinajstić information content (AvgIpc) is 3.29. The van der Waals surface area contributed by atoms with Gasteiger partial charge in [-0.3, -0.25) is 28.8 Å². The molecular weight excluding hydrogens is 386 g/mol. The predicted octanol–water partition coefficient (Wildman–Crippen LogP) is -0.872. The molecule has 0 unspecified atom stereocenters. The van der Waals surface area contributed by atoms with Crippen LogP contribution in [0.2, 0.25) is 0 Å². The molecule has 1 saturated heterocycles. The second-order valence-electron chi connectivity index (χ2n) is 6.06. The van der Waals surface area contributed by atoms with Gasteiger partial charge in [0.15, 0.2) is 0 Å². The van der Waals surface area contributed by atoms with E-state index >= 15 is 0 Å². The summed E-state index contributed by atoms with van der Waals surface area (Å²) in [4.78, 5) is 85.8. The van der Waals surface area contributed by atoms with E-state index in [1.165, 1.54) is 24.3 Å². The van der Waals surface area contributed by atoms with Crippen LogP contribution in [0.1, 0.15) is 33.6 Å². The molecule has 145 valence electrons. The third kappa shape index (κ3) is 2.65. The molecular formula is C17H10N5O7. The molecule has 3 aliphatic rings. The molecule has 3 aliphatic heterocycles. The van der Waals surface area contributed by atoms with Crippen molar-refractivity contribution in [2.45, 2.75) is 12.8 Å². The summed E-state index contributed by atoms with van der Waals surface area (Å²) in [7, 11) is 0. The summed E-state index contributed by atoms with van der Waals surface area (Å²) in [6, 6.07) is 4.22. The fourth-order valence-electron chi connectivity index (χ4n) is 3.01. The van der Waals surface area contributed by atoms with Gasteiger partial charge in [-0.2, -0.15) is 15.0 Å². The number of hydrogen-bond donors (Lipinski definition) is 0. The molecule has 0 saturated carbocycles. The van der Waals surface area contributed by atoms with Crippen molar-refractivity contribution in [1.82, 2.24) is 25.6 Å². The van der Waals surface area contributed by atoms with E-state index < -0.39 is 41.5 Å². The highest BCUT2D eigenvalue weighted by Gasteiger charge is 2.47. The molecule has 1 aromatic carbocycles. The molecule has 0 aromatic heterocycles. The van der Waals surface area contributed by atoms with Gasteiger partial charge in [0.2, 0.25) is 0 Å². The Kier molecular flexibility index (Phi) is 3.96. The van der Waals surface area contributed by atoms with E-state index in [0.29, 0.717) is 5.01 Å². The van der Waals surface area contributed by atoms with Gasteiger partial charge in [0.25, 0.3) is 35.4 Å². The van der Waals surface area contributed by atoms with Gasteiger partial charge in [0, 0.05) is 25.0 Å². The molecule has 12 heteroatoms. The van der Waals surface area contributed by atoms with Crippen molar-refractivity contribution in [3.8, 4) is 0 Å². The van der Waals surface area contributed by atoms with E-state index in [-0.39, 0.29) is 39.1 Å². The van der Waals surface area contributed by atoms with Crippen LogP contribution in [0, 0.1) is 0 Å². The minimum absolute atomic E-state index is 0.00363. The van der Waals surface area contributed by atoms with E-state index in [4.69, 9.17) is 0 Å². The number of imide groups is 3. The summed E-state index contributed by atoms with van der Waals surface area (Å²) >= 11 is 0. The van der Waals surface area contributed by atoms with Crippen LogP contribution in [-0.2, 0) is 19.2 Å². The van der Waals surface area contributed by atoms with Crippen molar-refractivity contribution in [1.29, 1.82) is 0 Å². The molecule has 4 rings (SSSR count). The quantitative estimate of drug-likeness (QED) is 0.603. The molecule has 1 radical (unpaired) electrons. The molecule has 8 amide bonds. The summed E-state index contributed by atoms with van der Waals surface area (Å²) in [5.41, 5.74) is 3.39. The van der Waals surface area contributed by atoms with E-state index in [2.05, 4.69) is 5.43 Å². The summed E-state index contributed by atoms with van der Waals surface area (Å²) < 4.78 is 0. The van der Waals surface area contributed by atoms with Gasteiger partial charge in [-0.1, -0.05) is 17.6 Å². The third-order valence-corrected chi connectivity index (χ3v) is 4.32. The number of hydrazine groups is 2. The molecule has 0 bridgehead atoms. The lowest BCUT2D eigenvalue weighted by Crippen LogP contribution is -2.63. The predicted molar refractivity (Wildman–Crippen MR) is 88.4 cm³/mol. The molecule has 0 aliphatic carbocycles. The van der Waals surface area contributed by atoms with Crippen LogP contribution >= 0.6 is 0 Å². The average molecular weight is 396 g/mol. The van der Waals surface area contributed by atoms with E-state index in [1.807, 2.05) is 0 Å². The number of carbonyl (C=O) groups is 7. The first-order chi connectivity index (χ1) is 13.8. The lowest BCUT2D eigenvalue weighted by atomic mass is 10.1. The van der Waals surface area contributed by atoms with Gasteiger partial charge in [0.1, 0.15) is 0 Å². The third-order valence-electron chi connectivity index (χ3n) is 4.32. The Morgan fingerprint density at radius 3 is 1.76 bits per heavy atom. The van der Waals surface area contributed by atoms with Gasteiger partial charge in [-0.25, -0.2) is 4.79 Å². The summed E-state index contributed by atoms with van der Waals surface area (Å²) in [6.45, 7) is 0. The zero-order valence-corrected chi connectivity index (χ0v) is 14.5. The Morgan fingerprint density at radius 1 is 0.793 bits per heavy atom. The Hall–Kier alpha value is -4.35. The second-order valence-corrected chi connectivity index (χ2v) is 6.06. The number of hydrogen-bond acceptors (Lipinski definition) is 7. The topological polar surface area (TPSA) is 147 Å². The lowest BCUT2D eigenvalue weighted by Gasteiger charge is -2.34. The van der Waals surface area contributed by atoms with E-state index in [1.54, 1.807) is 0 Å². The summed E-state index contributed by atoms with van der Waals surface area (Å²) in [5.74, 6) is -5.53. The van der Waals surface area contributed by atoms with Crippen LogP contribution in [0.3, 0.4) is 0 Å². The smallest absolute Gasteiger partial charge is 0.272 e. The first-order valence-corrected chi connectivity index (χ1v) is 8.26. The van der Waals surface area contributed by atoms with E-state index in [0.717, 1.165) is 12.2 Å². The van der Waals surface area contributed by atoms with Gasteiger partial charge >= 0.3 is 6.03 Å². The Bertz CT molecular complexity index is 991. The first kappa shape index (κ1) is 18.0. The molecule has 0 spiro atoms. The maximum Gasteiger partial charge on any atom is 0.400 e. The molecule has 1 fully saturated rings. The standard InChI is InChI=1S/C17H10N5O7/c23-11-5-6-12(24)20(11)22(21-13(25)7-8-14(21)26)17(29)18-19-15(27)9-3-1-2-4-10(9)16(19)28/h1-6H,7-8H2. The van der Waals surface area contributed by atoms with Crippen molar-refractivity contribution >= 4 is 41.5 Å². The maximum atomic E-state index is 12.8. The first-order valence-electron chi connectivity index (χ1n) is 8.26. The molecule has 0 atom stereocenters. The highest BCUT2D eigenvalue weighted by atomic mass is 16.3. The zero-order valence-electron chi connectivity index (χ0n) is 14.5. The Labute approximate surface area is 161 Å². The van der Waals surface area contributed by atoms with E-state index in [9.17, 15) is 33.6 Å². The Balaban J connectivity index is 1.66. The van der Waals surface area contributed by atoms with Crippen LogP contribution in [-0.4, -0.2) is 61.6 Å². The maximum absolute atomic E-state index is 12.8. The minimum Gasteiger partial charge on any atom is -0.272 e. The number of fused-ring (bicyclic) bond motifs is 1. The van der Waals surface area contributed by atoms with Gasteiger partial charge in [-0.05, 0) is 12.1 Å². The lowest BCUT2D eigenvalue weighted by molar-refractivity contribution is -0.184. The zero-order chi connectivity index (χ0) is 20.9. The van der Waals surface area contributed by atoms with Gasteiger partial charge in [0.05, 0.1) is 11.1 Å². The Morgan fingerprint density at radius 2 is 1.28 bits per heavy atom. The number of carbonyl (C=O) groups excluding carboxylic acids is 7. The van der Waals surface area contributed by atoms with Crippen molar-refractivity contribution in [2.24, 2.45) is 0 Å². The number of urea groups is 1. The minimum atomic E-state index is -1.52. The molecule has 3 heterocycles. The van der Waals surface area contributed by atoms with Crippen molar-refractivity contribution < 1.29 is 33.6 Å². The van der Waals surface area contributed by atoms with Crippen molar-refractivity contribution in [3.05, 3.63) is 47.5 Å². The van der Waals surface area contributed by atoms with Crippen LogP contribution in [0.5, 0.6) is 0 Å². The summed E-state index contributed by atoms with van der Waals surface area (Å²) in [5, 5.41) is 0.924. The number of rotatable bonds is 3. The molecule has 0 N–H and O–H groups in total. The second kappa shape index (κ2) is 6.37. The number of benzene rings is 1. The largest absolute Gasteiger partial charge is 0.400 e. The SMILES string of the molecule is O=C1c2ccccc2C(=O)N1[N]C(=O)N(N1C(=O)C=CC1=O)N1C(=O)CCC1=O. The molecule has 12 nitrogen and oxygen atoms in total. The fraction of sp³-hybridized carbons (Fsp3) is 0.118. The molecule has 29 heavy (non-hydrogen) atoms. The highest BCUT2D eigenvalue weighted by molar-refractivity contribution is 6.22.